The van der Waals surface area contributed by atoms with E-state index in [9.17, 15) is 4.79 Å². The fraction of sp³-hybridized carbons (Fsp3) is 0.267. The molecule has 0 amide bonds. The maximum Gasteiger partial charge on any atom is 0.261 e. The Morgan fingerprint density at radius 2 is 2.15 bits per heavy atom. The highest BCUT2D eigenvalue weighted by molar-refractivity contribution is 5.78. The Bertz CT molecular complexity index is 816. The predicted molar refractivity (Wildman–Crippen MR) is 77.8 cm³/mol. The van der Waals surface area contributed by atoms with Gasteiger partial charge in [-0.05, 0) is 37.1 Å². The molecule has 2 heterocycles. The van der Waals surface area contributed by atoms with Crippen LogP contribution in [0.25, 0.3) is 10.9 Å². The van der Waals surface area contributed by atoms with Crippen LogP contribution in [0.2, 0.25) is 0 Å². The van der Waals surface area contributed by atoms with E-state index in [0.29, 0.717) is 11.9 Å². The average Bonchev–Trinajstić information content (AvgIpc) is 2.87. The van der Waals surface area contributed by atoms with E-state index in [1.807, 2.05) is 31.2 Å². The molecule has 3 aromatic rings. The average molecular weight is 268 g/mol. The monoisotopic (exact) mass is 268 g/mol. The third kappa shape index (κ3) is 2.22. The van der Waals surface area contributed by atoms with Gasteiger partial charge in [-0.15, -0.1) is 0 Å². The zero-order valence-corrected chi connectivity index (χ0v) is 11.6. The van der Waals surface area contributed by atoms with Crippen LogP contribution in [0.15, 0.2) is 35.4 Å². The van der Waals surface area contributed by atoms with Crippen LogP contribution in [0.4, 0.5) is 0 Å². The van der Waals surface area contributed by atoms with Crippen molar-refractivity contribution in [2.75, 3.05) is 0 Å². The Kier molecular flexibility index (Phi) is 3.10. The second-order valence-electron chi connectivity index (χ2n) is 4.92. The Morgan fingerprint density at radius 1 is 1.30 bits per heavy atom. The second kappa shape index (κ2) is 4.92. The molecule has 0 aliphatic carbocycles. The van der Waals surface area contributed by atoms with Crippen molar-refractivity contribution in [2.24, 2.45) is 0 Å². The zero-order valence-electron chi connectivity index (χ0n) is 11.6. The molecule has 5 heteroatoms. The van der Waals surface area contributed by atoms with Crippen molar-refractivity contribution >= 4 is 10.9 Å². The Labute approximate surface area is 116 Å². The lowest BCUT2D eigenvalue weighted by Crippen LogP contribution is -2.21. The summed E-state index contributed by atoms with van der Waals surface area (Å²) in [7, 11) is 0. The van der Waals surface area contributed by atoms with Crippen molar-refractivity contribution in [2.45, 2.75) is 26.8 Å². The van der Waals surface area contributed by atoms with Crippen molar-refractivity contribution < 1.29 is 0 Å². The lowest BCUT2D eigenvalue weighted by Gasteiger charge is -2.05. The first-order valence-corrected chi connectivity index (χ1v) is 6.66. The maximum absolute atomic E-state index is 12.5. The van der Waals surface area contributed by atoms with Gasteiger partial charge in [0.25, 0.3) is 5.56 Å². The van der Waals surface area contributed by atoms with E-state index in [4.69, 9.17) is 0 Å². The lowest BCUT2D eigenvalue weighted by atomic mass is 10.1. The molecule has 0 atom stereocenters. The smallest absolute Gasteiger partial charge is 0.261 e. The summed E-state index contributed by atoms with van der Waals surface area (Å²) in [5.41, 5.74) is 3.67. The van der Waals surface area contributed by atoms with E-state index >= 15 is 0 Å². The highest BCUT2D eigenvalue weighted by atomic mass is 16.1. The zero-order chi connectivity index (χ0) is 14.1. The molecule has 3 rings (SSSR count). The number of aromatic amines is 1. The largest absolute Gasteiger partial charge is 0.293 e. The van der Waals surface area contributed by atoms with E-state index in [2.05, 4.69) is 22.1 Å². The van der Waals surface area contributed by atoms with Crippen LogP contribution < -0.4 is 5.56 Å². The fourth-order valence-corrected chi connectivity index (χ4v) is 2.27. The summed E-state index contributed by atoms with van der Waals surface area (Å²) in [6, 6.07) is 7.77. The molecular formula is C15H16N4O. The van der Waals surface area contributed by atoms with Gasteiger partial charge in [-0.1, -0.05) is 13.0 Å². The second-order valence-corrected chi connectivity index (χ2v) is 4.92. The Balaban J connectivity index is 2.08. The first kappa shape index (κ1) is 12.6. The van der Waals surface area contributed by atoms with Crippen LogP contribution in [0, 0.1) is 6.92 Å². The van der Waals surface area contributed by atoms with Gasteiger partial charge in [-0.3, -0.25) is 14.5 Å². The van der Waals surface area contributed by atoms with Gasteiger partial charge in [0.05, 0.1) is 29.5 Å². The molecule has 1 aromatic carbocycles. The third-order valence-electron chi connectivity index (χ3n) is 3.39. The summed E-state index contributed by atoms with van der Waals surface area (Å²) in [5, 5.41) is 7.70. The van der Waals surface area contributed by atoms with Gasteiger partial charge >= 0.3 is 0 Å². The predicted octanol–water partition coefficient (Wildman–Crippen LogP) is 2.04. The van der Waals surface area contributed by atoms with E-state index in [1.165, 1.54) is 0 Å². The molecule has 0 spiro atoms. The molecule has 0 saturated heterocycles. The molecular weight excluding hydrogens is 252 g/mol. The third-order valence-corrected chi connectivity index (χ3v) is 3.39. The highest BCUT2D eigenvalue weighted by Gasteiger charge is 2.07. The van der Waals surface area contributed by atoms with Crippen LogP contribution in [0.5, 0.6) is 0 Å². The van der Waals surface area contributed by atoms with Gasteiger partial charge in [0, 0.05) is 5.69 Å². The Hall–Kier alpha value is -2.43. The van der Waals surface area contributed by atoms with Crippen molar-refractivity contribution in [3.8, 4) is 0 Å². The van der Waals surface area contributed by atoms with Crippen molar-refractivity contribution in [3.63, 3.8) is 0 Å². The van der Waals surface area contributed by atoms with Crippen LogP contribution in [-0.4, -0.2) is 19.7 Å². The molecule has 0 fully saturated rings. The molecule has 0 radical (unpaired) electrons. The van der Waals surface area contributed by atoms with Crippen LogP contribution in [0.1, 0.15) is 23.9 Å². The summed E-state index contributed by atoms with van der Waals surface area (Å²) in [5.74, 6) is 0. The maximum atomic E-state index is 12.5. The minimum Gasteiger partial charge on any atom is -0.293 e. The number of hydrogen-bond donors (Lipinski definition) is 1. The lowest BCUT2D eigenvalue weighted by molar-refractivity contribution is 0.725. The highest BCUT2D eigenvalue weighted by Crippen LogP contribution is 2.11. The standard InChI is InChI=1S/C15H16N4O/c1-3-11-4-5-14-13(7-11)15(20)19(9-16-14)8-12-6-10(2)17-18-12/h4-7,9H,3,8H2,1-2H3,(H,17,18). The van der Waals surface area contributed by atoms with Crippen LogP contribution >= 0.6 is 0 Å². The van der Waals surface area contributed by atoms with Gasteiger partial charge in [-0.25, -0.2) is 4.98 Å². The molecule has 5 nitrogen and oxygen atoms in total. The summed E-state index contributed by atoms with van der Waals surface area (Å²) in [6.07, 6.45) is 2.49. The van der Waals surface area contributed by atoms with Gasteiger partial charge in [0.2, 0.25) is 0 Å². The number of hydrogen-bond acceptors (Lipinski definition) is 3. The molecule has 0 aliphatic heterocycles. The van der Waals surface area contributed by atoms with Crippen molar-refractivity contribution in [1.82, 2.24) is 19.7 Å². The van der Waals surface area contributed by atoms with Gasteiger partial charge in [-0.2, -0.15) is 5.10 Å². The minimum absolute atomic E-state index is 0.0223. The number of fused-ring (bicyclic) bond motifs is 1. The van der Waals surface area contributed by atoms with E-state index in [-0.39, 0.29) is 5.56 Å². The topological polar surface area (TPSA) is 63.6 Å². The first-order valence-electron chi connectivity index (χ1n) is 6.66. The summed E-state index contributed by atoms with van der Waals surface area (Å²) >= 11 is 0. The van der Waals surface area contributed by atoms with E-state index < -0.39 is 0 Å². The molecule has 0 aliphatic rings. The summed E-state index contributed by atoms with van der Waals surface area (Å²) < 4.78 is 1.59. The fourth-order valence-electron chi connectivity index (χ4n) is 2.27. The number of rotatable bonds is 3. The normalized spacial score (nSPS) is 11.1. The Morgan fingerprint density at radius 3 is 2.85 bits per heavy atom. The molecule has 1 N–H and O–H groups in total. The summed E-state index contributed by atoms with van der Waals surface area (Å²) in [4.78, 5) is 16.8. The van der Waals surface area contributed by atoms with Crippen molar-refractivity contribution in [3.05, 3.63) is 57.9 Å². The van der Waals surface area contributed by atoms with Crippen LogP contribution in [0.3, 0.4) is 0 Å². The van der Waals surface area contributed by atoms with Gasteiger partial charge in [0.1, 0.15) is 0 Å². The quantitative estimate of drug-likeness (QED) is 0.790. The molecule has 2 aromatic heterocycles. The number of nitrogens with one attached hydrogen (secondary N) is 1. The number of aromatic nitrogens is 4. The number of benzene rings is 1. The van der Waals surface area contributed by atoms with E-state index in [0.717, 1.165) is 28.9 Å². The SMILES string of the molecule is CCc1ccc2ncn(Cc3cc(C)[nH]n3)c(=O)c2c1. The number of aryl methyl sites for hydroxylation is 2. The summed E-state index contributed by atoms with van der Waals surface area (Å²) in [6.45, 7) is 4.44. The van der Waals surface area contributed by atoms with E-state index in [1.54, 1.807) is 10.9 Å². The first-order chi connectivity index (χ1) is 9.67. The minimum atomic E-state index is -0.0223. The molecule has 0 saturated carbocycles. The van der Waals surface area contributed by atoms with Gasteiger partial charge < -0.3 is 0 Å². The molecule has 102 valence electrons. The van der Waals surface area contributed by atoms with Gasteiger partial charge in [0.15, 0.2) is 0 Å². The van der Waals surface area contributed by atoms with Crippen molar-refractivity contribution in [1.29, 1.82) is 0 Å². The molecule has 20 heavy (non-hydrogen) atoms. The van der Waals surface area contributed by atoms with Crippen LogP contribution in [-0.2, 0) is 13.0 Å². The molecule has 0 unspecified atom stereocenters. The number of H-pyrrole nitrogens is 1. The number of nitrogens with zero attached hydrogens (tertiary/aromatic N) is 3. The molecule has 0 bridgehead atoms.